The molecule has 4 heteroatoms. The maximum absolute atomic E-state index is 9.46. The Morgan fingerprint density at radius 2 is 1.79 bits per heavy atom. The molecule has 0 aliphatic carbocycles. The van der Waals surface area contributed by atoms with E-state index in [9.17, 15) is 5.26 Å². The highest BCUT2D eigenvalue weighted by Gasteiger charge is 2.10. The van der Waals surface area contributed by atoms with Crippen molar-refractivity contribution in [1.29, 1.82) is 5.26 Å². The normalized spacial score (nSPS) is 10.1. The maximum atomic E-state index is 9.46. The number of nitrogens with zero attached hydrogens (tertiary/aromatic N) is 2. The molecule has 3 aromatic rings. The topological polar surface area (TPSA) is 48.7 Å². The van der Waals surface area contributed by atoms with E-state index in [1.807, 2.05) is 6.07 Å². The van der Waals surface area contributed by atoms with Crippen LogP contribution in [0.2, 0.25) is 0 Å². The number of rotatable bonds is 3. The number of nitriles is 1. The summed E-state index contributed by atoms with van der Waals surface area (Å²) in [5, 5.41) is 13.9. The van der Waals surface area contributed by atoms with Gasteiger partial charge < -0.3 is 5.32 Å². The fraction of sp³-hybridized carbons (Fsp3) is 0.200. The van der Waals surface area contributed by atoms with E-state index < -0.39 is 0 Å². The van der Waals surface area contributed by atoms with Gasteiger partial charge in [-0.1, -0.05) is 19.1 Å². The van der Waals surface area contributed by atoms with Gasteiger partial charge in [0.1, 0.15) is 6.07 Å². The van der Waals surface area contributed by atoms with Gasteiger partial charge in [-0.3, -0.25) is 4.98 Å². The van der Waals surface area contributed by atoms with Gasteiger partial charge in [0.25, 0.3) is 0 Å². The Labute approximate surface area is 148 Å². The van der Waals surface area contributed by atoms with Gasteiger partial charge in [-0.25, -0.2) is 0 Å². The minimum Gasteiger partial charge on any atom is -0.354 e. The first kappa shape index (κ1) is 17.8. The van der Waals surface area contributed by atoms with Gasteiger partial charge in [-0.15, -0.1) is 12.4 Å². The summed E-state index contributed by atoms with van der Waals surface area (Å²) in [7, 11) is 0. The van der Waals surface area contributed by atoms with E-state index in [2.05, 4.69) is 67.5 Å². The van der Waals surface area contributed by atoms with Crippen molar-refractivity contribution in [1.82, 2.24) is 4.98 Å². The standard InChI is InChI=1S/C20H19N3.ClH/c1-4-15-5-6-19-18(10-15)20(16(11-21)12-22-19)23-17-8-13(2)7-14(3)9-17;/h5-10,12H,4H2,1-3H3,(H,22,23);1H. The average Bonchev–Trinajstić information content (AvgIpc) is 2.53. The molecule has 2 aromatic carbocycles. The van der Waals surface area contributed by atoms with Crippen LogP contribution in [0.4, 0.5) is 11.4 Å². The van der Waals surface area contributed by atoms with Gasteiger partial charge in [-0.2, -0.15) is 5.26 Å². The van der Waals surface area contributed by atoms with E-state index in [1.165, 1.54) is 16.7 Å². The molecule has 122 valence electrons. The summed E-state index contributed by atoms with van der Waals surface area (Å²) in [4.78, 5) is 4.40. The number of pyridine rings is 1. The second-order valence-electron chi connectivity index (χ2n) is 5.87. The molecule has 0 unspecified atom stereocenters. The zero-order valence-electron chi connectivity index (χ0n) is 14.1. The van der Waals surface area contributed by atoms with Crippen LogP contribution in [0.15, 0.2) is 42.6 Å². The molecule has 24 heavy (non-hydrogen) atoms. The summed E-state index contributed by atoms with van der Waals surface area (Å²) in [6.45, 7) is 6.27. The molecule has 1 heterocycles. The lowest BCUT2D eigenvalue weighted by Gasteiger charge is -2.13. The van der Waals surface area contributed by atoms with E-state index >= 15 is 0 Å². The molecule has 0 fully saturated rings. The molecule has 3 rings (SSSR count). The molecule has 1 aromatic heterocycles. The van der Waals surface area contributed by atoms with Crippen molar-refractivity contribution < 1.29 is 0 Å². The molecule has 0 bridgehead atoms. The minimum atomic E-state index is 0. The fourth-order valence-corrected chi connectivity index (χ4v) is 2.87. The predicted molar refractivity (Wildman–Crippen MR) is 102 cm³/mol. The molecule has 0 saturated carbocycles. The Morgan fingerprint density at radius 1 is 1.08 bits per heavy atom. The van der Waals surface area contributed by atoms with Crippen LogP contribution < -0.4 is 5.32 Å². The van der Waals surface area contributed by atoms with Crippen molar-refractivity contribution in [2.24, 2.45) is 0 Å². The third-order valence-electron chi connectivity index (χ3n) is 3.95. The van der Waals surface area contributed by atoms with Crippen LogP contribution in [0.3, 0.4) is 0 Å². The molecule has 0 spiro atoms. The Hall–Kier alpha value is -2.57. The first-order valence-electron chi connectivity index (χ1n) is 7.77. The fourth-order valence-electron chi connectivity index (χ4n) is 2.87. The lowest BCUT2D eigenvalue weighted by Crippen LogP contribution is -1.98. The zero-order chi connectivity index (χ0) is 16.4. The van der Waals surface area contributed by atoms with E-state index in [0.29, 0.717) is 5.56 Å². The number of aromatic nitrogens is 1. The van der Waals surface area contributed by atoms with Gasteiger partial charge in [0.05, 0.1) is 16.8 Å². The smallest absolute Gasteiger partial charge is 0.103 e. The molecule has 1 N–H and O–H groups in total. The molecular weight excluding hydrogens is 318 g/mol. The Bertz CT molecular complexity index is 906. The highest BCUT2D eigenvalue weighted by atomic mass is 35.5. The SMILES string of the molecule is CCc1ccc2ncc(C#N)c(Nc3cc(C)cc(C)c3)c2c1.Cl. The average molecular weight is 338 g/mol. The van der Waals surface area contributed by atoms with Crippen LogP contribution in [-0.2, 0) is 6.42 Å². The Morgan fingerprint density at radius 3 is 2.42 bits per heavy atom. The quantitative estimate of drug-likeness (QED) is 0.691. The molecule has 0 saturated heterocycles. The summed E-state index contributed by atoms with van der Waals surface area (Å²) in [5.41, 5.74) is 6.90. The van der Waals surface area contributed by atoms with Crippen molar-refractivity contribution in [2.75, 3.05) is 5.32 Å². The van der Waals surface area contributed by atoms with Crippen LogP contribution >= 0.6 is 12.4 Å². The van der Waals surface area contributed by atoms with E-state index in [4.69, 9.17) is 0 Å². The summed E-state index contributed by atoms with van der Waals surface area (Å²) < 4.78 is 0. The minimum absolute atomic E-state index is 0. The highest BCUT2D eigenvalue weighted by Crippen LogP contribution is 2.30. The van der Waals surface area contributed by atoms with Crippen molar-refractivity contribution in [3.63, 3.8) is 0 Å². The summed E-state index contributed by atoms with van der Waals surface area (Å²) in [6, 6.07) is 14.8. The van der Waals surface area contributed by atoms with Crippen molar-refractivity contribution in [3.8, 4) is 6.07 Å². The number of aryl methyl sites for hydroxylation is 3. The summed E-state index contributed by atoms with van der Waals surface area (Å²) >= 11 is 0. The summed E-state index contributed by atoms with van der Waals surface area (Å²) in [6.07, 6.45) is 2.59. The number of nitrogens with one attached hydrogen (secondary N) is 1. The molecule has 0 radical (unpaired) electrons. The van der Waals surface area contributed by atoms with Crippen molar-refractivity contribution in [2.45, 2.75) is 27.2 Å². The number of anilines is 2. The van der Waals surface area contributed by atoms with Crippen LogP contribution in [0.5, 0.6) is 0 Å². The zero-order valence-corrected chi connectivity index (χ0v) is 14.9. The second kappa shape index (κ2) is 7.33. The number of hydrogen-bond acceptors (Lipinski definition) is 3. The van der Waals surface area contributed by atoms with Crippen LogP contribution in [0.1, 0.15) is 29.2 Å². The van der Waals surface area contributed by atoms with Gasteiger partial charge in [-0.05, 0) is 61.2 Å². The Kier molecular flexibility index (Phi) is 5.43. The lowest BCUT2D eigenvalue weighted by atomic mass is 10.0. The number of hydrogen-bond donors (Lipinski definition) is 1. The van der Waals surface area contributed by atoms with Crippen molar-refractivity contribution >= 4 is 34.7 Å². The summed E-state index contributed by atoms with van der Waals surface area (Å²) in [5.74, 6) is 0. The van der Waals surface area contributed by atoms with E-state index in [0.717, 1.165) is 28.7 Å². The van der Waals surface area contributed by atoms with Crippen molar-refractivity contribution in [3.05, 3.63) is 64.8 Å². The molecule has 0 amide bonds. The third kappa shape index (κ3) is 3.50. The highest BCUT2D eigenvalue weighted by molar-refractivity contribution is 5.96. The van der Waals surface area contributed by atoms with Gasteiger partial charge >= 0.3 is 0 Å². The van der Waals surface area contributed by atoms with Gasteiger partial charge in [0, 0.05) is 17.3 Å². The largest absolute Gasteiger partial charge is 0.354 e. The maximum Gasteiger partial charge on any atom is 0.103 e. The molecule has 3 nitrogen and oxygen atoms in total. The number of halogens is 1. The molecule has 0 aliphatic rings. The first-order valence-corrected chi connectivity index (χ1v) is 7.77. The van der Waals surface area contributed by atoms with Gasteiger partial charge in [0.2, 0.25) is 0 Å². The van der Waals surface area contributed by atoms with E-state index in [-0.39, 0.29) is 12.4 Å². The van der Waals surface area contributed by atoms with Gasteiger partial charge in [0.15, 0.2) is 0 Å². The number of fused-ring (bicyclic) bond motifs is 1. The molecular formula is C20H20ClN3. The Balaban J connectivity index is 0.00000208. The van der Waals surface area contributed by atoms with Crippen LogP contribution in [-0.4, -0.2) is 4.98 Å². The second-order valence-corrected chi connectivity index (χ2v) is 5.87. The molecule has 0 aliphatic heterocycles. The van der Waals surface area contributed by atoms with E-state index in [1.54, 1.807) is 6.20 Å². The first-order chi connectivity index (χ1) is 11.1. The molecule has 0 atom stereocenters. The third-order valence-corrected chi connectivity index (χ3v) is 3.95. The predicted octanol–water partition coefficient (Wildman–Crippen LogP) is 5.45. The van der Waals surface area contributed by atoms with Crippen LogP contribution in [0, 0.1) is 25.2 Å². The monoisotopic (exact) mass is 337 g/mol. The number of benzene rings is 2. The van der Waals surface area contributed by atoms with Crippen LogP contribution in [0.25, 0.3) is 10.9 Å². The lowest BCUT2D eigenvalue weighted by molar-refractivity contribution is 1.14.